The van der Waals surface area contributed by atoms with Gasteiger partial charge in [-0.15, -0.1) is 0 Å². The summed E-state index contributed by atoms with van der Waals surface area (Å²) in [4.78, 5) is 11.1. The van der Waals surface area contributed by atoms with Crippen molar-refractivity contribution < 1.29 is 14.7 Å². The summed E-state index contributed by atoms with van der Waals surface area (Å²) >= 11 is 0. The first-order chi connectivity index (χ1) is 9.70. The van der Waals surface area contributed by atoms with Crippen LogP contribution in [0.1, 0.15) is 6.92 Å². The number of rotatable bonds is 5. The maximum Gasteiger partial charge on any atom is 0.249 e. The molecule has 0 aliphatic carbocycles. The summed E-state index contributed by atoms with van der Waals surface area (Å²) in [6.45, 7) is 1.90. The normalized spacial score (nSPS) is 11.7. The maximum absolute atomic E-state index is 11.1. The third-order valence-corrected chi connectivity index (χ3v) is 3.02. The molecule has 0 bridgehead atoms. The number of nitrogens with one attached hydrogen (secondary N) is 1. The van der Waals surface area contributed by atoms with Crippen LogP contribution < -0.4 is 10.2 Å². The molecule has 0 fully saturated rings. The fourth-order valence-corrected chi connectivity index (χ4v) is 1.78. The lowest BCUT2D eigenvalue weighted by atomic mass is 10.1. The fraction of sp³-hybridized carbons (Fsp3) is 0.188. The van der Waals surface area contributed by atoms with Crippen LogP contribution in [0, 0.1) is 5.92 Å². The van der Waals surface area contributed by atoms with Gasteiger partial charge in [0.25, 0.3) is 0 Å². The van der Waals surface area contributed by atoms with Crippen LogP contribution in [0.15, 0.2) is 54.6 Å². The summed E-state index contributed by atoms with van der Waals surface area (Å²) in [6, 6.07) is 17.7. The lowest BCUT2D eigenvalue weighted by Crippen LogP contribution is -2.29. The monoisotopic (exact) mass is 271 g/mol. The molecule has 1 atom stereocenters. The first-order valence-electron chi connectivity index (χ1n) is 6.43. The summed E-state index contributed by atoms with van der Waals surface area (Å²) in [6.07, 6.45) is 0. The van der Waals surface area contributed by atoms with E-state index in [9.17, 15) is 4.79 Å². The molecule has 0 radical (unpaired) electrons. The molecule has 0 saturated carbocycles. The Morgan fingerprint density at radius 2 is 1.70 bits per heavy atom. The highest BCUT2D eigenvalue weighted by Crippen LogP contribution is 2.22. The number of hydrogen-bond donors (Lipinski definition) is 2. The van der Waals surface area contributed by atoms with Gasteiger partial charge in [0.15, 0.2) is 0 Å². The first kappa shape index (κ1) is 14.1. The van der Waals surface area contributed by atoms with Gasteiger partial charge >= 0.3 is 0 Å². The van der Waals surface area contributed by atoms with Crippen molar-refractivity contribution in [1.29, 1.82) is 0 Å². The zero-order chi connectivity index (χ0) is 14.4. The molecule has 4 nitrogen and oxygen atoms in total. The predicted molar refractivity (Wildman–Crippen MR) is 76.5 cm³/mol. The average molecular weight is 271 g/mol. The standard InChI is InChI=1S/C16H17NO3/c1-12(16(18)17-19)11-20-15-9-7-14(8-10-15)13-5-3-2-4-6-13/h2-10,12,19H,11H2,1H3,(H,17,18)/t12-/m0/s1. The second kappa shape index (κ2) is 6.73. The Morgan fingerprint density at radius 1 is 1.10 bits per heavy atom. The van der Waals surface area contributed by atoms with E-state index in [-0.39, 0.29) is 6.61 Å². The summed E-state index contributed by atoms with van der Waals surface area (Å²) < 4.78 is 5.51. The molecule has 2 rings (SSSR count). The van der Waals surface area contributed by atoms with Crippen molar-refractivity contribution in [2.75, 3.05) is 6.61 Å². The van der Waals surface area contributed by atoms with Gasteiger partial charge in [0.2, 0.25) is 5.91 Å². The van der Waals surface area contributed by atoms with Crippen LogP contribution in [0.3, 0.4) is 0 Å². The fourth-order valence-electron chi connectivity index (χ4n) is 1.78. The largest absolute Gasteiger partial charge is 0.493 e. The molecule has 20 heavy (non-hydrogen) atoms. The molecule has 2 aromatic carbocycles. The van der Waals surface area contributed by atoms with E-state index in [2.05, 4.69) is 0 Å². The van der Waals surface area contributed by atoms with Gasteiger partial charge < -0.3 is 4.74 Å². The molecule has 2 N–H and O–H groups in total. The molecule has 0 aliphatic rings. The SMILES string of the molecule is C[C@@H](COc1ccc(-c2ccccc2)cc1)C(=O)NO. The third-order valence-electron chi connectivity index (χ3n) is 3.02. The van der Waals surface area contributed by atoms with Gasteiger partial charge in [-0.3, -0.25) is 10.0 Å². The Labute approximate surface area is 118 Å². The number of ether oxygens (including phenoxy) is 1. The zero-order valence-corrected chi connectivity index (χ0v) is 11.2. The topological polar surface area (TPSA) is 58.6 Å². The minimum absolute atomic E-state index is 0.219. The van der Waals surface area contributed by atoms with Crippen LogP contribution in [0.4, 0.5) is 0 Å². The lowest BCUT2D eigenvalue weighted by molar-refractivity contribution is -0.133. The minimum atomic E-state index is -0.453. The molecule has 0 saturated heterocycles. The summed E-state index contributed by atoms with van der Waals surface area (Å²) in [7, 11) is 0. The van der Waals surface area contributed by atoms with Crippen LogP contribution in [0.25, 0.3) is 11.1 Å². The van der Waals surface area contributed by atoms with E-state index in [1.807, 2.05) is 54.6 Å². The molecule has 0 spiro atoms. The van der Waals surface area contributed by atoms with Gasteiger partial charge in [0, 0.05) is 0 Å². The Balaban J connectivity index is 1.97. The molecular weight excluding hydrogens is 254 g/mol. The molecule has 0 unspecified atom stereocenters. The average Bonchev–Trinajstić information content (AvgIpc) is 2.53. The molecule has 1 amide bonds. The maximum atomic E-state index is 11.1. The second-order valence-electron chi connectivity index (χ2n) is 4.58. The van der Waals surface area contributed by atoms with Gasteiger partial charge in [-0.1, -0.05) is 49.4 Å². The third kappa shape index (κ3) is 3.59. The summed E-state index contributed by atoms with van der Waals surface area (Å²) in [5.74, 6) is -0.165. The number of hydrogen-bond acceptors (Lipinski definition) is 3. The lowest BCUT2D eigenvalue weighted by Gasteiger charge is -2.11. The molecular formula is C16H17NO3. The number of benzene rings is 2. The van der Waals surface area contributed by atoms with E-state index in [0.717, 1.165) is 11.1 Å². The Hall–Kier alpha value is -2.33. The predicted octanol–water partition coefficient (Wildman–Crippen LogP) is 2.87. The van der Waals surface area contributed by atoms with Crippen LogP contribution in [0.5, 0.6) is 5.75 Å². The summed E-state index contributed by atoms with van der Waals surface area (Å²) in [5.41, 5.74) is 3.87. The van der Waals surface area contributed by atoms with E-state index in [0.29, 0.717) is 5.75 Å². The molecule has 4 heteroatoms. The van der Waals surface area contributed by atoms with Crippen molar-refractivity contribution in [2.24, 2.45) is 5.92 Å². The van der Waals surface area contributed by atoms with Gasteiger partial charge in [0.05, 0.1) is 12.5 Å². The quantitative estimate of drug-likeness (QED) is 0.649. The van der Waals surface area contributed by atoms with E-state index in [4.69, 9.17) is 9.94 Å². The van der Waals surface area contributed by atoms with Crippen molar-refractivity contribution in [1.82, 2.24) is 5.48 Å². The van der Waals surface area contributed by atoms with E-state index in [1.165, 1.54) is 0 Å². The first-order valence-corrected chi connectivity index (χ1v) is 6.43. The molecule has 0 aromatic heterocycles. The van der Waals surface area contributed by atoms with Crippen molar-refractivity contribution in [3.63, 3.8) is 0 Å². The Morgan fingerprint density at radius 3 is 2.30 bits per heavy atom. The number of amides is 1. The smallest absolute Gasteiger partial charge is 0.249 e. The Kier molecular flexibility index (Phi) is 4.74. The van der Waals surface area contributed by atoms with Crippen molar-refractivity contribution >= 4 is 5.91 Å². The van der Waals surface area contributed by atoms with Crippen molar-refractivity contribution in [2.45, 2.75) is 6.92 Å². The van der Waals surface area contributed by atoms with E-state index in [1.54, 1.807) is 12.4 Å². The van der Waals surface area contributed by atoms with Crippen LogP contribution in [-0.4, -0.2) is 17.7 Å². The molecule has 2 aromatic rings. The highest BCUT2D eigenvalue weighted by atomic mass is 16.5. The summed E-state index contributed by atoms with van der Waals surface area (Å²) in [5, 5.41) is 8.51. The highest BCUT2D eigenvalue weighted by molar-refractivity contribution is 5.77. The van der Waals surface area contributed by atoms with Crippen LogP contribution in [-0.2, 0) is 4.79 Å². The molecule has 104 valence electrons. The van der Waals surface area contributed by atoms with Crippen LogP contribution in [0.2, 0.25) is 0 Å². The van der Waals surface area contributed by atoms with Gasteiger partial charge in [-0.2, -0.15) is 0 Å². The number of carbonyl (C=O) groups is 1. The number of hydroxylamine groups is 1. The van der Waals surface area contributed by atoms with Crippen LogP contribution >= 0.6 is 0 Å². The molecule has 0 heterocycles. The van der Waals surface area contributed by atoms with E-state index < -0.39 is 11.8 Å². The Bertz CT molecular complexity index is 552. The molecule has 0 aliphatic heterocycles. The number of carbonyl (C=O) groups excluding carboxylic acids is 1. The van der Waals surface area contributed by atoms with Crippen molar-refractivity contribution in [3.05, 3.63) is 54.6 Å². The second-order valence-corrected chi connectivity index (χ2v) is 4.58. The van der Waals surface area contributed by atoms with Gasteiger partial charge in [-0.05, 0) is 23.3 Å². The van der Waals surface area contributed by atoms with E-state index >= 15 is 0 Å². The van der Waals surface area contributed by atoms with Gasteiger partial charge in [0.1, 0.15) is 5.75 Å². The minimum Gasteiger partial charge on any atom is -0.493 e. The van der Waals surface area contributed by atoms with Crippen molar-refractivity contribution in [3.8, 4) is 16.9 Å². The highest BCUT2D eigenvalue weighted by Gasteiger charge is 2.12. The van der Waals surface area contributed by atoms with Gasteiger partial charge in [-0.25, -0.2) is 5.48 Å². The zero-order valence-electron chi connectivity index (χ0n) is 11.2.